The third-order valence-electron chi connectivity index (χ3n) is 7.10. The van der Waals surface area contributed by atoms with Crippen LogP contribution in [0.3, 0.4) is 0 Å². The molecule has 0 spiro atoms. The Morgan fingerprint density at radius 2 is 1.72 bits per heavy atom. The van der Waals surface area contributed by atoms with Gasteiger partial charge in [-0.05, 0) is 69.3 Å². The molecule has 3 aromatic rings. The highest BCUT2D eigenvalue weighted by atomic mass is 35.5. The molecule has 0 amide bonds. The molecule has 29 heavy (non-hydrogen) atoms. The van der Waals surface area contributed by atoms with Gasteiger partial charge in [0.2, 0.25) is 0 Å². The lowest BCUT2D eigenvalue weighted by Crippen LogP contribution is -2.44. The molecule has 2 aliphatic heterocycles. The van der Waals surface area contributed by atoms with E-state index in [9.17, 15) is 0 Å². The summed E-state index contributed by atoms with van der Waals surface area (Å²) in [5.41, 5.74) is 5.96. The molecule has 4 heteroatoms. The summed E-state index contributed by atoms with van der Waals surface area (Å²) in [5.74, 6) is 1.75. The number of hydrogen-bond acceptors (Lipinski definition) is 3. The van der Waals surface area contributed by atoms with Gasteiger partial charge in [0.25, 0.3) is 0 Å². The Bertz CT molecular complexity index is 1010. The lowest BCUT2D eigenvalue weighted by molar-refractivity contribution is 0.122. The Morgan fingerprint density at radius 3 is 2.45 bits per heavy atom. The summed E-state index contributed by atoms with van der Waals surface area (Å²) in [6.07, 6.45) is 3.62. The highest BCUT2D eigenvalue weighted by Gasteiger charge is 2.49. The Morgan fingerprint density at radius 1 is 1.00 bits per heavy atom. The van der Waals surface area contributed by atoms with E-state index in [1.54, 1.807) is 0 Å². The molecule has 2 bridgehead atoms. The van der Waals surface area contributed by atoms with E-state index < -0.39 is 0 Å². The summed E-state index contributed by atoms with van der Waals surface area (Å²) >= 11 is 6.18. The van der Waals surface area contributed by atoms with Gasteiger partial charge in [0, 0.05) is 28.6 Å². The summed E-state index contributed by atoms with van der Waals surface area (Å²) in [6.45, 7) is 4.18. The first-order valence-electron chi connectivity index (χ1n) is 10.5. The smallest absolute Gasteiger partial charge is 0.150 e. The van der Waals surface area contributed by atoms with Crippen LogP contribution in [-0.4, -0.2) is 29.2 Å². The van der Waals surface area contributed by atoms with Gasteiger partial charge in [-0.15, -0.1) is 0 Å². The number of nitrogens with zero attached hydrogens (tertiary/aromatic N) is 2. The van der Waals surface area contributed by atoms with E-state index in [0.29, 0.717) is 18.0 Å². The molecule has 150 valence electrons. The standard InChI is InChI=1S/C25H27ClN2O/c1-15-4-6-18(7-5-15)23-16(2)27-29-25(23)24-21(17-8-10-19(26)11-9-17)14-20-12-13-22(24)28(20)3/h4-11,20-22,24H,12-14H2,1-3H3/t20?,21-,22?,24+/m1/s1. The van der Waals surface area contributed by atoms with Crippen molar-refractivity contribution in [2.75, 3.05) is 7.05 Å². The number of rotatable bonds is 3. The van der Waals surface area contributed by atoms with Gasteiger partial charge in [-0.2, -0.15) is 0 Å². The lowest BCUT2D eigenvalue weighted by Gasteiger charge is -2.42. The summed E-state index contributed by atoms with van der Waals surface area (Å²) in [5, 5.41) is 5.21. The quantitative estimate of drug-likeness (QED) is 0.507. The minimum Gasteiger partial charge on any atom is -0.360 e. The van der Waals surface area contributed by atoms with Crippen molar-refractivity contribution >= 4 is 11.6 Å². The largest absolute Gasteiger partial charge is 0.360 e. The van der Waals surface area contributed by atoms with Crippen molar-refractivity contribution in [3.8, 4) is 11.1 Å². The molecule has 2 aliphatic rings. The fraction of sp³-hybridized carbons (Fsp3) is 0.400. The second kappa shape index (κ2) is 7.30. The Kier molecular flexibility index (Phi) is 4.76. The Hall–Kier alpha value is -2.10. The second-order valence-electron chi connectivity index (χ2n) is 8.76. The van der Waals surface area contributed by atoms with Crippen molar-refractivity contribution in [3.05, 3.63) is 76.1 Å². The van der Waals surface area contributed by atoms with Crippen LogP contribution in [-0.2, 0) is 0 Å². The molecular weight excluding hydrogens is 380 g/mol. The maximum absolute atomic E-state index is 6.18. The molecule has 5 rings (SSSR count). The molecule has 2 fully saturated rings. The Labute approximate surface area is 177 Å². The zero-order chi connectivity index (χ0) is 20.1. The number of fused-ring (bicyclic) bond motifs is 2. The van der Waals surface area contributed by atoms with Gasteiger partial charge >= 0.3 is 0 Å². The van der Waals surface area contributed by atoms with Gasteiger partial charge in [0.05, 0.1) is 5.69 Å². The summed E-state index contributed by atoms with van der Waals surface area (Å²) in [7, 11) is 2.28. The molecule has 2 saturated heterocycles. The van der Waals surface area contributed by atoms with Crippen molar-refractivity contribution in [2.45, 2.75) is 57.0 Å². The van der Waals surface area contributed by atoms with Gasteiger partial charge in [0.15, 0.2) is 0 Å². The average molecular weight is 407 g/mol. The zero-order valence-corrected chi connectivity index (χ0v) is 18.0. The zero-order valence-electron chi connectivity index (χ0n) is 17.2. The highest BCUT2D eigenvalue weighted by Crippen LogP contribution is 2.53. The van der Waals surface area contributed by atoms with Crippen molar-refractivity contribution in [2.24, 2.45) is 0 Å². The van der Waals surface area contributed by atoms with Crippen molar-refractivity contribution in [1.29, 1.82) is 0 Å². The van der Waals surface area contributed by atoms with E-state index in [2.05, 4.69) is 67.3 Å². The summed E-state index contributed by atoms with van der Waals surface area (Å²) in [6, 6.07) is 18.3. The first-order valence-corrected chi connectivity index (χ1v) is 10.9. The monoisotopic (exact) mass is 406 g/mol. The number of aryl methyl sites for hydroxylation is 2. The van der Waals surface area contributed by atoms with Crippen molar-refractivity contribution < 1.29 is 4.52 Å². The van der Waals surface area contributed by atoms with E-state index in [1.807, 2.05) is 12.1 Å². The molecule has 0 N–H and O–H groups in total. The van der Waals surface area contributed by atoms with E-state index in [0.717, 1.165) is 22.9 Å². The van der Waals surface area contributed by atoms with Crippen LogP contribution < -0.4 is 0 Å². The number of benzene rings is 2. The highest BCUT2D eigenvalue weighted by molar-refractivity contribution is 6.30. The average Bonchev–Trinajstić information content (AvgIpc) is 3.19. The van der Waals surface area contributed by atoms with Crippen molar-refractivity contribution in [3.63, 3.8) is 0 Å². The molecule has 0 radical (unpaired) electrons. The van der Waals surface area contributed by atoms with Crippen LogP contribution in [0.4, 0.5) is 0 Å². The van der Waals surface area contributed by atoms with Crippen LogP contribution in [0.15, 0.2) is 53.1 Å². The molecule has 2 aromatic carbocycles. The first-order chi connectivity index (χ1) is 14.0. The van der Waals surface area contributed by atoms with Crippen LogP contribution in [0, 0.1) is 13.8 Å². The van der Waals surface area contributed by atoms with Crippen LogP contribution in [0.1, 0.15) is 53.7 Å². The number of hydrogen-bond donors (Lipinski definition) is 0. The minimum absolute atomic E-state index is 0.289. The van der Waals surface area contributed by atoms with E-state index >= 15 is 0 Å². The van der Waals surface area contributed by atoms with Crippen LogP contribution in [0.2, 0.25) is 5.02 Å². The first kappa shape index (κ1) is 18.9. The summed E-state index contributed by atoms with van der Waals surface area (Å²) < 4.78 is 6.09. The van der Waals surface area contributed by atoms with Gasteiger partial charge in [0.1, 0.15) is 5.76 Å². The SMILES string of the molecule is Cc1ccc(-c2c(C)noc2[C@@H]2C3CCC(C[C@@H]2c2ccc(Cl)cc2)N3C)cc1. The van der Waals surface area contributed by atoms with Gasteiger partial charge in [-0.3, -0.25) is 4.90 Å². The maximum Gasteiger partial charge on any atom is 0.150 e. The van der Waals surface area contributed by atoms with E-state index in [4.69, 9.17) is 16.1 Å². The maximum atomic E-state index is 6.18. The molecule has 0 saturated carbocycles. The van der Waals surface area contributed by atoms with Crippen LogP contribution in [0.25, 0.3) is 11.1 Å². The summed E-state index contributed by atoms with van der Waals surface area (Å²) in [4.78, 5) is 2.58. The molecule has 0 aliphatic carbocycles. The molecule has 4 atom stereocenters. The predicted octanol–water partition coefficient (Wildman–Crippen LogP) is 6.35. The van der Waals surface area contributed by atoms with E-state index in [1.165, 1.54) is 35.1 Å². The molecule has 3 heterocycles. The molecule has 3 nitrogen and oxygen atoms in total. The predicted molar refractivity (Wildman–Crippen MR) is 118 cm³/mol. The lowest BCUT2D eigenvalue weighted by atomic mass is 9.73. The molecule has 2 unspecified atom stereocenters. The fourth-order valence-corrected chi connectivity index (χ4v) is 5.69. The number of piperidine rings is 1. The number of aromatic nitrogens is 1. The molecular formula is C25H27ClN2O. The number of halogens is 1. The topological polar surface area (TPSA) is 29.3 Å². The minimum atomic E-state index is 0.289. The Balaban J connectivity index is 1.64. The third kappa shape index (κ3) is 3.21. The normalized spacial score (nSPS) is 26.8. The third-order valence-corrected chi connectivity index (χ3v) is 7.35. The van der Waals surface area contributed by atoms with Crippen LogP contribution in [0.5, 0.6) is 0 Å². The van der Waals surface area contributed by atoms with Gasteiger partial charge < -0.3 is 4.52 Å². The molecule has 1 aromatic heterocycles. The fourth-order valence-electron chi connectivity index (χ4n) is 5.56. The van der Waals surface area contributed by atoms with E-state index in [-0.39, 0.29) is 5.92 Å². The van der Waals surface area contributed by atoms with Crippen molar-refractivity contribution in [1.82, 2.24) is 10.1 Å². The second-order valence-corrected chi connectivity index (χ2v) is 9.19. The van der Waals surface area contributed by atoms with Gasteiger partial charge in [-0.25, -0.2) is 0 Å². The van der Waals surface area contributed by atoms with Crippen LogP contribution >= 0.6 is 11.6 Å². The number of likely N-dealkylation sites (N-methyl/N-ethyl adjacent to an activating group) is 1. The van der Waals surface area contributed by atoms with Gasteiger partial charge in [-0.1, -0.05) is 58.7 Å².